The molecule has 0 aliphatic carbocycles. The van der Waals surface area contributed by atoms with Crippen LogP contribution >= 0.6 is 0 Å². The zero-order valence-electron chi connectivity index (χ0n) is 20.1. The third kappa shape index (κ3) is 6.32. The first-order valence-electron chi connectivity index (χ1n) is 11.0. The van der Waals surface area contributed by atoms with Crippen LogP contribution in [0.4, 0.5) is 13.6 Å². The number of benzene rings is 2. The quantitative estimate of drug-likeness (QED) is 0.404. The van der Waals surface area contributed by atoms with Gasteiger partial charge in [-0.25, -0.2) is 18.6 Å². The van der Waals surface area contributed by atoms with Crippen LogP contribution in [0.1, 0.15) is 50.5 Å². The summed E-state index contributed by atoms with van der Waals surface area (Å²) in [5.41, 5.74) is 2.55. The highest BCUT2D eigenvalue weighted by atomic mass is 19.1. The number of fused-ring (bicyclic) bond motifs is 1. The van der Waals surface area contributed by atoms with Crippen LogP contribution in [0.2, 0.25) is 0 Å². The molecule has 0 unspecified atom stereocenters. The van der Waals surface area contributed by atoms with Crippen molar-refractivity contribution in [3.8, 4) is 0 Å². The van der Waals surface area contributed by atoms with Crippen LogP contribution in [0.15, 0.2) is 54.7 Å². The Kier molecular flexibility index (Phi) is 7.38. The number of nitrogens with one attached hydrogen (secondary N) is 1. The number of hydrogen-bond acceptors (Lipinski definition) is 4. The predicted molar refractivity (Wildman–Crippen MR) is 128 cm³/mol. The highest BCUT2D eigenvalue weighted by Gasteiger charge is 2.22. The fourth-order valence-electron chi connectivity index (χ4n) is 3.31. The molecule has 3 rings (SSSR count). The lowest BCUT2D eigenvalue weighted by molar-refractivity contribution is -0.130. The summed E-state index contributed by atoms with van der Waals surface area (Å²) in [7, 11) is 0. The molecule has 0 fully saturated rings. The monoisotopic (exact) mass is 483 g/mol. The summed E-state index contributed by atoms with van der Waals surface area (Å²) < 4.78 is 34.0. The molecular formula is C26H27F2N3O4. The number of carbonyl (C=O) groups is 3. The van der Waals surface area contributed by atoms with E-state index < -0.39 is 41.2 Å². The molecule has 1 heterocycles. The normalized spacial score (nSPS) is 11.8. The van der Waals surface area contributed by atoms with E-state index in [2.05, 4.69) is 5.43 Å². The van der Waals surface area contributed by atoms with Crippen molar-refractivity contribution in [3.05, 3.63) is 77.5 Å². The lowest BCUT2D eigenvalue weighted by Gasteiger charge is -2.25. The van der Waals surface area contributed by atoms with Gasteiger partial charge in [0.25, 0.3) is 11.8 Å². The summed E-state index contributed by atoms with van der Waals surface area (Å²) in [4.78, 5) is 38.1. The van der Waals surface area contributed by atoms with E-state index in [9.17, 15) is 23.2 Å². The van der Waals surface area contributed by atoms with Crippen molar-refractivity contribution in [3.63, 3.8) is 0 Å². The number of carbonyl (C=O) groups excluding carboxylic acids is 3. The van der Waals surface area contributed by atoms with Gasteiger partial charge in [-0.2, -0.15) is 0 Å². The lowest BCUT2D eigenvalue weighted by Crippen LogP contribution is -2.49. The maximum absolute atomic E-state index is 13.9. The third-order valence-corrected chi connectivity index (χ3v) is 4.86. The van der Waals surface area contributed by atoms with E-state index in [0.717, 1.165) is 11.1 Å². The number of amides is 2. The fourth-order valence-corrected chi connectivity index (χ4v) is 3.31. The van der Waals surface area contributed by atoms with Gasteiger partial charge in [-0.3, -0.25) is 19.6 Å². The zero-order valence-corrected chi connectivity index (χ0v) is 20.1. The molecule has 0 atom stereocenters. The van der Waals surface area contributed by atoms with Gasteiger partial charge in [-0.15, -0.1) is 0 Å². The molecule has 184 valence electrons. The maximum Gasteiger partial charge on any atom is 0.419 e. The number of halogens is 2. The summed E-state index contributed by atoms with van der Waals surface area (Å²) in [6.07, 6.45) is 3.45. The van der Waals surface area contributed by atoms with E-state index in [1.165, 1.54) is 59.3 Å². The molecule has 2 amide bonds. The molecule has 9 heteroatoms. The average molecular weight is 484 g/mol. The van der Waals surface area contributed by atoms with Crippen molar-refractivity contribution < 1.29 is 27.9 Å². The molecule has 0 spiro atoms. The number of ether oxygens (including phenoxy) is 1. The van der Waals surface area contributed by atoms with Crippen LogP contribution in [-0.4, -0.2) is 39.1 Å². The molecule has 0 aliphatic heterocycles. The molecule has 3 aromatic rings. The Balaban J connectivity index is 1.89. The number of rotatable bonds is 4. The molecule has 7 nitrogen and oxygen atoms in total. The Morgan fingerprint density at radius 1 is 1.06 bits per heavy atom. The second kappa shape index (κ2) is 10.1. The first-order valence-corrected chi connectivity index (χ1v) is 11.0. The predicted octanol–water partition coefficient (Wildman–Crippen LogP) is 5.30. The smallest absolute Gasteiger partial charge is 0.419 e. The lowest BCUT2D eigenvalue weighted by atomic mass is 10.1. The fraction of sp³-hybridized carbons (Fsp3) is 0.269. The Hall–Kier alpha value is -4.01. The second-order valence-electron chi connectivity index (χ2n) is 9.18. The standard InChI is InChI=1S/C26H27F2N3O4/c1-16(2)31(29-24(33)17-7-6-8-19(27)13-17)23(32)12-9-18-15-30(25(34)35-26(3,4)5)22-14-20(28)10-11-21(18)22/h6-16H,1-5H3,(H,29,33). The van der Waals surface area contributed by atoms with Crippen molar-refractivity contribution in [1.29, 1.82) is 0 Å². The molecule has 0 saturated carbocycles. The third-order valence-electron chi connectivity index (χ3n) is 4.86. The van der Waals surface area contributed by atoms with Crippen molar-refractivity contribution in [2.24, 2.45) is 0 Å². The van der Waals surface area contributed by atoms with Crippen molar-refractivity contribution in [2.45, 2.75) is 46.3 Å². The van der Waals surface area contributed by atoms with Gasteiger partial charge in [0.05, 0.1) is 5.52 Å². The summed E-state index contributed by atoms with van der Waals surface area (Å²) in [5, 5.41) is 1.64. The average Bonchev–Trinajstić information content (AvgIpc) is 3.12. The summed E-state index contributed by atoms with van der Waals surface area (Å²) >= 11 is 0. The highest BCUT2D eigenvalue weighted by Crippen LogP contribution is 2.25. The topological polar surface area (TPSA) is 80.6 Å². The molecule has 35 heavy (non-hydrogen) atoms. The van der Waals surface area contributed by atoms with Crippen LogP contribution < -0.4 is 5.43 Å². The summed E-state index contributed by atoms with van der Waals surface area (Å²) in [5.74, 6) is -2.29. The number of nitrogens with zero attached hydrogens (tertiary/aromatic N) is 2. The van der Waals surface area contributed by atoms with Crippen LogP contribution in [0.5, 0.6) is 0 Å². The van der Waals surface area contributed by atoms with Crippen LogP contribution in [0.25, 0.3) is 17.0 Å². The number of hydrazine groups is 1. The minimum Gasteiger partial charge on any atom is -0.443 e. The van der Waals surface area contributed by atoms with Crippen molar-refractivity contribution >= 4 is 34.9 Å². The van der Waals surface area contributed by atoms with E-state index in [0.29, 0.717) is 10.9 Å². The van der Waals surface area contributed by atoms with Gasteiger partial charge in [0, 0.05) is 34.8 Å². The molecule has 1 aromatic heterocycles. The largest absolute Gasteiger partial charge is 0.443 e. The second-order valence-corrected chi connectivity index (χ2v) is 9.18. The maximum atomic E-state index is 13.9. The minimum absolute atomic E-state index is 0.0647. The first kappa shape index (κ1) is 25.6. The van der Waals surface area contributed by atoms with Crippen molar-refractivity contribution in [1.82, 2.24) is 15.0 Å². The van der Waals surface area contributed by atoms with Gasteiger partial charge in [-0.1, -0.05) is 6.07 Å². The van der Waals surface area contributed by atoms with E-state index in [1.54, 1.807) is 34.6 Å². The molecule has 0 bridgehead atoms. The van der Waals surface area contributed by atoms with E-state index in [1.807, 2.05) is 0 Å². The SMILES string of the molecule is CC(C)N(NC(=O)c1cccc(F)c1)C(=O)C=Cc1cn(C(=O)OC(C)(C)C)c2cc(F)ccc12. The van der Waals surface area contributed by atoms with E-state index in [4.69, 9.17) is 4.74 Å². The van der Waals surface area contributed by atoms with Gasteiger partial charge in [0.1, 0.15) is 17.2 Å². The number of hydrogen-bond donors (Lipinski definition) is 1. The highest BCUT2D eigenvalue weighted by molar-refractivity contribution is 6.01. The zero-order chi connectivity index (χ0) is 25.9. The summed E-state index contributed by atoms with van der Waals surface area (Å²) in [6.45, 7) is 8.56. The van der Waals surface area contributed by atoms with Crippen LogP contribution in [0, 0.1) is 11.6 Å². The van der Waals surface area contributed by atoms with Gasteiger partial charge < -0.3 is 4.74 Å². The minimum atomic E-state index is -0.759. The Morgan fingerprint density at radius 3 is 2.37 bits per heavy atom. The van der Waals surface area contributed by atoms with Gasteiger partial charge >= 0.3 is 6.09 Å². The molecule has 0 aliphatic rings. The molecular weight excluding hydrogens is 456 g/mol. The Bertz CT molecular complexity index is 1310. The Labute approximate surface area is 201 Å². The van der Waals surface area contributed by atoms with Gasteiger partial charge in [-0.05, 0) is 77.1 Å². The van der Waals surface area contributed by atoms with Gasteiger partial charge in [0.15, 0.2) is 0 Å². The van der Waals surface area contributed by atoms with Crippen molar-refractivity contribution in [2.75, 3.05) is 0 Å². The molecule has 1 N–H and O–H groups in total. The van der Waals surface area contributed by atoms with E-state index in [-0.39, 0.29) is 11.1 Å². The number of aromatic nitrogens is 1. The van der Waals surface area contributed by atoms with Crippen LogP contribution in [-0.2, 0) is 9.53 Å². The van der Waals surface area contributed by atoms with Gasteiger partial charge in [0.2, 0.25) is 0 Å². The Morgan fingerprint density at radius 2 is 1.74 bits per heavy atom. The molecule has 0 radical (unpaired) electrons. The molecule has 2 aromatic carbocycles. The van der Waals surface area contributed by atoms with Crippen LogP contribution in [0.3, 0.4) is 0 Å². The first-order chi connectivity index (χ1) is 16.4. The molecule has 0 saturated heterocycles. The van der Waals surface area contributed by atoms with E-state index >= 15 is 0 Å². The summed E-state index contributed by atoms with van der Waals surface area (Å²) in [6, 6.07) is 8.65.